The van der Waals surface area contributed by atoms with Crippen LogP contribution in [0.15, 0.2) is 0 Å². The van der Waals surface area contributed by atoms with Crippen LogP contribution in [0.1, 0.15) is 55.2 Å². The number of aromatic amines is 1. The topological polar surface area (TPSA) is 104 Å². The molecule has 1 aliphatic rings. The van der Waals surface area contributed by atoms with Crippen molar-refractivity contribution in [2.75, 3.05) is 5.73 Å². The van der Waals surface area contributed by atoms with Crippen LogP contribution in [0.5, 0.6) is 0 Å². The molecule has 106 valence electrons. The molecule has 1 fully saturated rings. The van der Waals surface area contributed by atoms with Gasteiger partial charge >= 0.3 is 0 Å². The van der Waals surface area contributed by atoms with Gasteiger partial charge in [-0.05, 0) is 19.3 Å². The van der Waals surface area contributed by atoms with Crippen molar-refractivity contribution in [3.63, 3.8) is 0 Å². The molecule has 1 aromatic rings. The van der Waals surface area contributed by atoms with Crippen LogP contribution in [0, 0.1) is 0 Å². The Labute approximate surface area is 112 Å². The predicted octanol–water partition coefficient (Wildman–Crippen LogP) is 0.978. The van der Waals surface area contributed by atoms with Gasteiger partial charge in [0.25, 0.3) is 5.91 Å². The van der Waals surface area contributed by atoms with Crippen LogP contribution in [-0.2, 0) is 6.42 Å². The van der Waals surface area contributed by atoms with Crippen molar-refractivity contribution >= 4 is 11.6 Å². The molecule has 19 heavy (non-hydrogen) atoms. The summed E-state index contributed by atoms with van der Waals surface area (Å²) in [6.07, 6.45) is 4.83. The number of aromatic nitrogens is 2. The molecule has 0 radical (unpaired) electrons. The number of hydrogen-bond acceptors (Lipinski definition) is 4. The van der Waals surface area contributed by atoms with Crippen LogP contribution in [0.3, 0.4) is 0 Å². The molecule has 6 heteroatoms. The van der Waals surface area contributed by atoms with Gasteiger partial charge in [-0.1, -0.05) is 26.2 Å². The first kappa shape index (κ1) is 13.9. The summed E-state index contributed by atoms with van der Waals surface area (Å²) < 4.78 is 0. The standard InChI is InChI=1S/C13H22N4O2/c1-2-5-9-11(14)12(17-16-9)13(19)15-8-6-3-4-7-10(8)18/h8,10,18H,2-7,14H2,1H3,(H,15,19)(H,16,17). The van der Waals surface area contributed by atoms with Gasteiger partial charge in [0.2, 0.25) is 0 Å². The van der Waals surface area contributed by atoms with Crippen LogP contribution >= 0.6 is 0 Å². The molecule has 1 saturated carbocycles. The number of nitrogens with one attached hydrogen (secondary N) is 2. The van der Waals surface area contributed by atoms with E-state index in [0.29, 0.717) is 5.69 Å². The number of nitrogens with zero attached hydrogens (tertiary/aromatic N) is 1. The third-order valence-electron chi connectivity index (χ3n) is 3.64. The molecule has 1 aromatic heterocycles. The number of aliphatic hydroxyl groups excluding tert-OH is 1. The van der Waals surface area contributed by atoms with E-state index in [4.69, 9.17) is 5.73 Å². The molecule has 2 rings (SSSR count). The number of H-pyrrole nitrogens is 1. The number of carbonyl (C=O) groups is 1. The number of aryl methyl sites for hydroxylation is 1. The molecule has 1 amide bonds. The number of anilines is 1. The highest BCUT2D eigenvalue weighted by atomic mass is 16.3. The molecule has 2 unspecified atom stereocenters. The van der Waals surface area contributed by atoms with Gasteiger partial charge in [0.05, 0.1) is 23.5 Å². The Morgan fingerprint density at radius 3 is 2.95 bits per heavy atom. The number of hydrogen-bond donors (Lipinski definition) is 4. The van der Waals surface area contributed by atoms with Crippen molar-refractivity contribution in [3.8, 4) is 0 Å². The Morgan fingerprint density at radius 1 is 1.53 bits per heavy atom. The van der Waals surface area contributed by atoms with Crippen molar-refractivity contribution in [2.24, 2.45) is 0 Å². The smallest absolute Gasteiger partial charge is 0.274 e. The Bertz CT molecular complexity index is 444. The van der Waals surface area contributed by atoms with E-state index in [1.807, 2.05) is 6.92 Å². The number of rotatable bonds is 4. The van der Waals surface area contributed by atoms with Gasteiger partial charge in [0.1, 0.15) is 0 Å². The minimum Gasteiger partial charge on any atom is -0.395 e. The molecule has 0 aromatic carbocycles. The monoisotopic (exact) mass is 266 g/mol. The lowest BCUT2D eigenvalue weighted by atomic mass is 9.92. The van der Waals surface area contributed by atoms with Gasteiger partial charge in [-0.2, -0.15) is 5.10 Å². The van der Waals surface area contributed by atoms with Crippen molar-refractivity contribution in [1.82, 2.24) is 15.5 Å². The molecule has 1 heterocycles. The summed E-state index contributed by atoms with van der Waals surface area (Å²) in [5.74, 6) is -0.304. The van der Waals surface area contributed by atoms with Gasteiger partial charge in [-0.3, -0.25) is 9.89 Å². The molecular formula is C13H22N4O2. The van der Waals surface area contributed by atoms with E-state index >= 15 is 0 Å². The van der Waals surface area contributed by atoms with E-state index in [1.54, 1.807) is 0 Å². The highest BCUT2D eigenvalue weighted by Crippen LogP contribution is 2.20. The SMILES string of the molecule is CCCc1[nH]nc(C(=O)NC2CCCCC2O)c1N. The first-order valence-electron chi connectivity index (χ1n) is 6.95. The molecule has 1 aliphatic carbocycles. The van der Waals surface area contributed by atoms with E-state index in [-0.39, 0.29) is 17.6 Å². The van der Waals surface area contributed by atoms with Crippen LogP contribution in [-0.4, -0.2) is 33.4 Å². The van der Waals surface area contributed by atoms with Gasteiger partial charge in [-0.15, -0.1) is 0 Å². The minimum absolute atomic E-state index is 0.188. The summed E-state index contributed by atoms with van der Waals surface area (Å²) in [6.45, 7) is 2.04. The largest absolute Gasteiger partial charge is 0.395 e. The molecule has 0 bridgehead atoms. The fourth-order valence-corrected chi connectivity index (χ4v) is 2.52. The quantitative estimate of drug-likeness (QED) is 0.652. The Morgan fingerprint density at radius 2 is 2.26 bits per heavy atom. The fourth-order valence-electron chi connectivity index (χ4n) is 2.52. The van der Waals surface area contributed by atoms with Crippen molar-refractivity contribution in [1.29, 1.82) is 0 Å². The number of nitrogens with two attached hydrogens (primary N) is 1. The lowest BCUT2D eigenvalue weighted by Crippen LogP contribution is -2.45. The van der Waals surface area contributed by atoms with E-state index in [9.17, 15) is 9.90 Å². The second-order valence-electron chi connectivity index (χ2n) is 5.15. The number of nitrogen functional groups attached to an aromatic ring is 1. The van der Waals surface area contributed by atoms with Gasteiger partial charge in [0, 0.05) is 0 Å². The Balaban J connectivity index is 2.03. The highest BCUT2D eigenvalue weighted by Gasteiger charge is 2.26. The molecule has 0 spiro atoms. The predicted molar refractivity (Wildman–Crippen MR) is 72.7 cm³/mol. The number of carbonyl (C=O) groups excluding carboxylic acids is 1. The van der Waals surface area contributed by atoms with E-state index < -0.39 is 6.10 Å². The molecule has 2 atom stereocenters. The number of amides is 1. The Hall–Kier alpha value is -1.56. The van der Waals surface area contributed by atoms with Crippen LogP contribution in [0.2, 0.25) is 0 Å². The maximum Gasteiger partial charge on any atom is 0.274 e. The summed E-state index contributed by atoms with van der Waals surface area (Å²) in [5, 5.41) is 19.5. The molecular weight excluding hydrogens is 244 g/mol. The zero-order valence-corrected chi connectivity index (χ0v) is 11.3. The van der Waals surface area contributed by atoms with E-state index in [0.717, 1.165) is 44.2 Å². The second-order valence-corrected chi connectivity index (χ2v) is 5.15. The maximum atomic E-state index is 12.1. The average Bonchev–Trinajstić information content (AvgIpc) is 2.75. The molecule has 6 nitrogen and oxygen atoms in total. The zero-order chi connectivity index (χ0) is 13.8. The van der Waals surface area contributed by atoms with Gasteiger partial charge in [-0.25, -0.2) is 0 Å². The van der Waals surface area contributed by atoms with Crippen molar-refractivity contribution in [3.05, 3.63) is 11.4 Å². The van der Waals surface area contributed by atoms with Gasteiger partial charge in [0.15, 0.2) is 5.69 Å². The van der Waals surface area contributed by atoms with Crippen LogP contribution in [0.25, 0.3) is 0 Å². The molecule has 0 saturated heterocycles. The summed E-state index contributed by atoms with van der Waals surface area (Å²) in [4.78, 5) is 12.1. The third kappa shape index (κ3) is 3.07. The fraction of sp³-hybridized carbons (Fsp3) is 0.692. The first-order valence-corrected chi connectivity index (χ1v) is 6.95. The summed E-state index contributed by atoms with van der Waals surface area (Å²) in [7, 11) is 0. The second kappa shape index (κ2) is 6.06. The van der Waals surface area contributed by atoms with Gasteiger partial charge < -0.3 is 16.2 Å². The lowest BCUT2D eigenvalue weighted by molar-refractivity contribution is 0.0714. The maximum absolute atomic E-state index is 12.1. The van der Waals surface area contributed by atoms with Crippen LogP contribution < -0.4 is 11.1 Å². The molecule has 0 aliphatic heterocycles. The van der Waals surface area contributed by atoms with Crippen molar-refractivity contribution in [2.45, 2.75) is 57.6 Å². The normalized spacial score (nSPS) is 23.3. The van der Waals surface area contributed by atoms with E-state index in [2.05, 4.69) is 15.5 Å². The van der Waals surface area contributed by atoms with Crippen LogP contribution in [0.4, 0.5) is 5.69 Å². The molecule has 5 N–H and O–H groups in total. The lowest BCUT2D eigenvalue weighted by Gasteiger charge is -2.28. The highest BCUT2D eigenvalue weighted by molar-refractivity contribution is 5.97. The Kier molecular flexibility index (Phi) is 4.42. The summed E-state index contributed by atoms with van der Waals surface area (Å²) >= 11 is 0. The average molecular weight is 266 g/mol. The summed E-state index contributed by atoms with van der Waals surface area (Å²) in [6, 6.07) is -0.188. The minimum atomic E-state index is -0.465. The number of aliphatic hydroxyl groups is 1. The first-order chi connectivity index (χ1) is 9.13. The third-order valence-corrected chi connectivity index (χ3v) is 3.64. The van der Waals surface area contributed by atoms with Crippen molar-refractivity contribution < 1.29 is 9.90 Å². The summed E-state index contributed by atoms with van der Waals surface area (Å²) in [5.41, 5.74) is 7.37. The zero-order valence-electron chi connectivity index (χ0n) is 11.3. The van der Waals surface area contributed by atoms with E-state index in [1.165, 1.54) is 0 Å².